The average Bonchev–Trinajstić information content (AvgIpc) is 2.98. The maximum atomic E-state index is 10.9. The molecule has 1 saturated carbocycles. The zero-order valence-corrected chi connectivity index (χ0v) is 10.5. The van der Waals surface area contributed by atoms with E-state index in [0.717, 1.165) is 24.0 Å². The molecule has 0 amide bonds. The minimum Gasteiger partial charge on any atom is -0.481 e. The van der Waals surface area contributed by atoms with Crippen molar-refractivity contribution in [3.8, 4) is 0 Å². The molecule has 0 radical (unpaired) electrons. The van der Waals surface area contributed by atoms with E-state index in [2.05, 4.69) is 0 Å². The normalized spacial score (nSPS) is 16.8. The number of rotatable bonds is 5. The molecule has 2 rings (SSSR count). The van der Waals surface area contributed by atoms with Crippen molar-refractivity contribution in [3.63, 3.8) is 0 Å². The molecule has 0 aromatic heterocycles. The van der Waals surface area contributed by atoms with Gasteiger partial charge in [-0.05, 0) is 36.1 Å². The van der Waals surface area contributed by atoms with Crippen LogP contribution in [0.15, 0.2) is 18.2 Å². The van der Waals surface area contributed by atoms with Crippen LogP contribution in [0, 0.1) is 0 Å². The molecule has 0 atom stereocenters. The van der Waals surface area contributed by atoms with E-state index in [1.165, 1.54) is 0 Å². The number of benzene rings is 1. The van der Waals surface area contributed by atoms with Crippen molar-refractivity contribution >= 4 is 17.6 Å². The molecule has 1 fully saturated rings. The third kappa shape index (κ3) is 2.61. The topological polar surface area (TPSA) is 46.5 Å². The molecule has 0 unspecified atom stereocenters. The van der Waals surface area contributed by atoms with Crippen molar-refractivity contribution in [3.05, 3.63) is 34.3 Å². The molecule has 92 valence electrons. The Morgan fingerprint density at radius 2 is 2.24 bits per heavy atom. The van der Waals surface area contributed by atoms with E-state index >= 15 is 0 Å². The summed E-state index contributed by atoms with van der Waals surface area (Å²) in [5, 5.41) is 9.63. The number of ether oxygens (including phenoxy) is 1. The van der Waals surface area contributed by atoms with Crippen molar-refractivity contribution in [1.29, 1.82) is 0 Å². The molecule has 17 heavy (non-hydrogen) atoms. The van der Waals surface area contributed by atoms with Gasteiger partial charge in [-0.2, -0.15) is 0 Å². The number of carboxylic acid groups (broad SMARTS) is 1. The van der Waals surface area contributed by atoms with E-state index in [9.17, 15) is 4.79 Å². The van der Waals surface area contributed by atoms with Crippen LogP contribution in [0.4, 0.5) is 0 Å². The van der Waals surface area contributed by atoms with Crippen LogP contribution < -0.4 is 0 Å². The Morgan fingerprint density at radius 3 is 2.76 bits per heavy atom. The first kappa shape index (κ1) is 12.4. The van der Waals surface area contributed by atoms with Gasteiger partial charge >= 0.3 is 5.97 Å². The zero-order chi connectivity index (χ0) is 12.5. The smallest absolute Gasteiger partial charge is 0.304 e. The lowest BCUT2D eigenvalue weighted by Crippen LogP contribution is -2.15. The highest BCUT2D eigenvalue weighted by Crippen LogP contribution is 2.52. The van der Waals surface area contributed by atoms with E-state index < -0.39 is 5.97 Å². The predicted molar refractivity (Wildman–Crippen MR) is 65.3 cm³/mol. The number of methoxy groups -OCH3 is 1. The fourth-order valence-corrected chi connectivity index (χ4v) is 2.53. The van der Waals surface area contributed by atoms with E-state index in [4.69, 9.17) is 21.4 Å². The Labute approximate surface area is 105 Å². The van der Waals surface area contributed by atoms with E-state index in [0.29, 0.717) is 11.6 Å². The maximum Gasteiger partial charge on any atom is 0.304 e. The van der Waals surface area contributed by atoms with Gasteiger partial charge in [-0.25, -0.2) is 0 Å². The molecule has 0 saturated heterocycles. The average molecular weight is 255 g/mol. The molecule has 0 aliphatic heterocycles. The van der Waals surface area contributed by atoms with E-state index in [1.54, 1.807) is 7.11 Å². The van der Waals surface area contributed by atoms with Gasteiger partial charge in [0.1, 0.15) is 0 Å². The summed E-state index contributed by atoms with van der Waals surface area (Å²) in [4.78, 5) is 10.9. The quantitative estimate of drug-likeness (QED) is 0.879. The molecule has 1 aliphatic rings. The summed E-state index contributed by atoms with van der Waals surface area (Å²) in [7, 11) is 1.63. The third-order valence-corrected chi connectivity index (χ3v) is 3.52. The van der Waals surface area contributed by atoms with Crippen LogP contribution in [-0.4, -0.2) is 18.2 Å². The minimum absolute atomic E-state index is 0.186. The Kier molecular flexibility index (Phi) is 3.40. The summed E-state index contributed by atoms with van der Waals surface area (Å²) < 4.78 is 5.15. The summed E-state index contributed by atoms with van der Waals surface area (Å²) in [6, 6.07) is 5.62. The second-order valence-corrected chi connectivity index (χ2v) is 5.02. The first-order valence-corrected chi connectivity index (χ1v) is 5.95. The van der Waals surface area contributed by atoms with Gasteiger partial charge in [0.2, 0.25) is 0 Å². The largest absolute Gasteiger partial charge is 0.481 e. The SMILES string of the molecule is COCc1cc(Cl)ccc1C1(CC(=O)O)CC1. The molecule has 4 heteroatoms. The highest BCUT2D eigenvalue weighted by Gasteiger charge is 2.47. The summed E-state index contributed by atoms with van der Waals surface area (Å²) in [5.74, 6) is -0.749. The Hall–Kier alpha value is -1.06. The van der Waals surface area contributed by atoms with Gasteiger partial charge in [0, 0.05) is 17.5 Å². The Morgan fingerprint density at radius 1 is 1.53 bits per heavy atom. The minimum atomic E-state index is -0.749. The number of hydrogen-bond donors (Lipinski definition) is 1. The molecule has 0 heterocycles. The van der Waals surface area contributed by atoms with Crippen LogP contribution in [0.5, 0.6) is 0 Å². The summed E-state index contributed by atoms with van der Waals surface area (Å²) in [6.07, 6.45) is 2.04. The van der Waals surface area contributed by atoms with Gasteiger partial charge in [0.05, 0.1) is 13.0 Å². The van der Waals surface area contributed by atoms with E-state index in [1.807, 2.05) is 18.2 Å². The number of halogens is 1. The predicted octanol–water partition coefficient (Wildman–Crippen LogP) is 2.99. The van der Waals surface area contributed by atoms with Gasteiger partial charge in [-0.3, -0.25) is 4.79 Å². The molecule has 0 spiro atoms. The molecular formula is C13H15ClO3. The molecular weight excluding hydrogens is 240 g/mol. The molecule has 0 bridgehead atoms. The van der Waals surface area contributed by atoms with Gasteiger partial charge in [0.15, 0.2) is 0 Å². The number of carbonyl (C=O) groups is 1. The second-order valence-electron chi connectivity index (χ2n) is 4.59. The van der Waals surface area contributed by atoms with Gasteiger partial charge in [-0.15, -0.1) is 0 Å². The Balaban J connectivity index is 2.34. The van der Waals surface area contributed by atoms with Crippen molar-refractivity contribution < 1.29 is 14.6 Å². The van der Waals surface area contributed by atoms with Crippen LogP contribution in [0.2, 0.25) is 5.02 Å². The van der Waals surface area contributed by atoms with Crippen molar-refractivity contribution in [1.82, 2.24) is 0 Å². The molecule has 1 aliphatic carbocycles. The zero-order valence-electron chi connectivity index (χ0n) is 9.70. The van der Waals surface area contributed by atoms with Crippen molar-refractivity contribution in [2.75, 3.05) is 7.11 Å². The van der Waals surface area contributed by atoms with Crippen LogP contribution in [0.3, 0.4) is 0 Å². The fourth-order valence-electron chi connectivity index (χ4n) is 2.34. The molecule has 1 aromatic carbocycles. The molecule has 3 nitrogen and oxygen atoms in total. The third-order valence-electron chi connectivity index (χ3n) is 3.28. The van der Waals surface area contributed by atoms with Gasteiger partial charge in [0.25, 0.3) is 0 Å². The van der Waals surface area contributed by atoms with Crippen LogP contribution in [0.25, 0.3) is 0 Å². The standard InChI is InChI=1S/C13H15ClO3/c1-17-8-9-6-10(14)2-3-11(9)13(4-5-13)7-12(15)16/h2-3,6H,4-5,7-8H2,1H3,(H,15,16). The summed E-state index contributed by atoms with van der Waals surface area (Å²) >= 11 is 5.96. The highest BCUT2D eigenvalue weighted by atomic mass is 35.5. The van der Waals surface area contributed by atoms with Crippen LogP contribution in [-0.2, 0) is 21.6 Å². The highest BCUT2D eigenvalue weighted by molar-refractivity contribution is 6.30. The summed E-state index contributed by atoms with van der Waals surface area (Å²) in [5.41, 5.74) is 1.88. The lowest BCUT2D eigenvalue weighted by molar-refractivity contribution is -0.137. The van der Waals surface area contributed by atoms with E-state index in [-0.39, 0.29) is 11.8 Å². The lowest BCUT2D eigenvalue weighted by atomic mass is 9.89. The first-order valence-electron chi connectivity index (χ1n) is 5.57. The lowest BCUT2D eigenvalue weighted by Gasteiger charge is -2.18. The van der Waals surface area contributed by atoms with Crippen LogP contribution in [0.1, 0.15) is 30.4 Å². The van der Waals surface area contributed by atoms with Gasteiger partial charge in [-0.1, -0.05) is 17.7 Å². The number of carboxylic acids is 1. The van der Waals surface area contributed by atoms with Gasteiger partial charge < -0.3 is 9.84 Å². The van der Waals surface area contributed by atoms with Crippen molar-refractivity contribution in [2.45, 2.75) is 31.3 Å². The number of hydrogen-bond acceptors (Lipinski definition) is 2. The number of aliphatic carboxylic acids is 1. The maximum absolute atomic E-state index is 10.9. The molecule has 1 aromatic rings. The summed E-state index contributed by atoms with van der Waals surface area (Å²) in [6.45, 7) is 0.470. The second kappa shape index (κ2) is 4.67. The molecule has 1 N–H and O–H groups in total. The van der Waals surface area contributed by atoms with Crippen LogP contribution >= 0.6 is 11.6 Å². The Bertz CT molecular complexity index is 438. The monoisotopic (exact) mass is 254 g/mol. The fraction of sp³-hybridized carbons (Fsp3) is 0.462. The van der Waals surface area contributed by atoms with Crippen molar-refractivity contribution in [2.24, 2.45) is 0 Å². The first-order chi connectivity index (χ1) is 8.07.